The van der Waals surface area contributed by atoms with E-state index in [4.69, 9.17) is 5.11 Å². The molecule has 0 aliphatic carbocycles. The SMILES string of the molecule is Cc1c(CCC(=O)O)nc(-c2ccc(Br)cc2)n1C. The molecule has 0 unspecified atom stereocenters. The molecule has 0 radical (unpaired) electrons. The van der Waals surface area contributed by atoms with Crippen molar-refractivity contribution in [2.45, 2.75) is 19.8 Å². The first kappa shape index (κ1) is 13.8. The van der Waals surface area contributed by atoms with Gasteiger partial charge in [0.05, 0.1) is 12.1 Å². The molecule has 0 atom stereocenters. The summed E-state index contributed by atoms with van der Waals surface area (Å²) in [7, 11) is 1.95. The fourth-order valence-corrected chi connectivity index (χ4v) is 2.22. The molecule has 100 valence electrons. The number of aliphatic carboxylic acids is 1. The molecule has 1 aromatic carbocycles. The smallest absolute Gasteiger partial charge is 0.303 e. The summed E-state index contributed by atoms with van der Waals surface area (Å²) < 4.78 is 3.02. The van der Waals surface area contributed by atoms with E-state index >= 15 is 0 Å². The quantitative estimate of drug-likeness (QED) is 0.940. The van der Waals surface area contributed by atoms with Crippen LogP contribution in [0, 0.1) is 6.92 Å². The number of carboxylic acids is 1. The lowest BCUT2D eigenvalue weighted by atomic mass is 10.2. The Kier molecular flexibility index (Phi) is 4.04. The van der Waals surface area contributed by atoms with Gasteiger partial charge in [0, 0.05) is 29.2 Å². The minimum Gasteiger partial charge on any atom is -0.481 e. The molecule has 2 rings (SSSR count). The fraction of sp³-hybridized carbons (Fsp3) is 0.286. The third-order valence-corrected chi connectivity index (χ3v) is 3.69. The summed E-state index contributed by atoms with van der Waals surface area (Å²) in [4.78, 5) is 15.2. The number of aryl methyl sites for hydroxylation is 1. The van der Waals surface area contributed by atoms with E-state index in [-0.39, 0.29) is 6.42 Å². The van der Waals surface area contributed by atoms with E-state index in [9.17, 15) is 4.79 Å². The number of benzene rings is 1. The number of imidazole rings is 1. The van der Waals surface area contributed by atoms with Crippen molar-refractivity contribution in [3.05, 3.63) is 40.1 Å². The van der Waals surface area contributed by atoms with Crippen LogP contribution in [0.2, 0.25) is 0 Å². The zero-order valence-corrected chi connectivity index (χ0v) is 12.4. The van der Waals surface area contributed by atoms with Crippen molar-refractivity contribution in [1.29, 1.82) is 0 Å². The second kappa shape index (κ2) is 5.57. The molecule has 1 heterocycles. The molecular weight excluding hydrogens is 308 g/mol. The first-order valence-corrected chi connectivity index (χ1v) is 6.78. The van der Waals surface area contributed by atoms with Crippen LogP contribution in [0.4, 0.5) is 0 Å². The van der Waals surface area contributed by atoms with Crippen molar-refractivity contribution in [3.8, 4) is 11.4 Å². The van der Waals surface area contributed by atoms with Crippen LogP contribution in [0.5, 0.6) is 0 Å². The van der Waals surface area contributed by atoms with Crippen molar-refractivity contribution >= 4 is 21.9 Å². The maximum Gasteiger partial charge on any atom is 0.303 e. The molecule has 0 saturated heterocycles. The summed E-state index contributed by atoms with van der Waals surface area (Å²) in [6.07, 6.45) is 0.573. The Morgan fingerprint density at radius 3 is 2.58 bits per heavy atom. The molecule has 0 fully saturated rings. The average molecular weight is 323 g/mol. The Bertz CT molecular complexity index is 603. The van der Waals surface area contributed by atoms with Gasteiger partial charge in [-0.25, -0.2) is 4.98 Å². The Hall–Kier alpha value is -1.62. The number of aromatic nitrogens is 2. The largest absolute Gasteiger partial charge is 0.481 e. The van der Waals surface area contributed by atoms with Gasteiger partial charge in [0.2, 0.25) is 0 Å². The van der Waals surface area contributed by atoms with Gasteiger partial charge in [-0.15, -0.1) is 0 Å². The highest BCUT2D eigenvalue weighted by Crippen LogP contribution is 2.23. The zero-order valence-electron chi connectivity index (χ0n) is 10.9. The number of halogens is 1. The predicted molar refractivity (Wildman–Crippen MR) is 77.0 cm³/mol. The molecule has 19 heavy (non-hydrogen) atoms. The number of rotatable bonds is 4. The monoisotopic (exact) mass is 322 g/mol. The number of carboxylic acid groups (broad SMARTS) is 1. The van der Waals surface area contributed by atoms with Crippen LogP contribution in [0.25, 0.3) is 11.4 Å². The number of nitrogens with zero attached hydrogens (tertiary/aromatic N) is 2. The third-order valence-electron chi connectivity index (χ3n) is 3.16. The molecular formula is C14H15BrN2O2. The number of hydrogen-bond donors (Lipinski definition) is 1. The molecule has 0 saturated carbocycles. The van der Waals surface area contributed by atoms with Gasteiger partial charge >= 0.3 is 5.97 Å². The average Bonchev–Trinajstić information content (AvgIpc) is 2.65. The summed E-state index contributed by atoms with van der Waals surface area (Å²) in [5.41, 5.74) is 2.89. The first-order valence-electron chi connectivity index (χ1n) is 5.99. The van der Waals surface area contributed by atoms with E-state index in [2.05, 4.69) is 20.9 Å². The molecule has 5 heteroatoms. The van der Waals surface area contributed by atoms with E-state index < -0.39 is 5.97 Å². The highest BCUT2D eigenvalue weighted by Gasteiger charge is 2.13. The van der Waals surface area contributed by atoms with Crippen LogP contribution < -0.4 is 0 Å². The lowest BCUT2D eigenvalue weighted by Gasteiger charge is -2.03. The summed E-state index contributed by atoms with van der Waals surface area (Å²) in [6.45, 7) is 1.96. The fourth-order valence-electron chi connectivity index (χ4n) is 1.96. The maximum atomic E-state index is 10.6. The van der Waals surface area contributed by atoms with Crippen LogP contribution in [0.15, 0.2) is 28.7 Å². The standard InChI is InChI=1S/C14H15BrN2O2/c1-9-12(7-8-13(18)19)16-14(17(9)2)10-3-5-11(15)6-4-10/h3-6H,7-8H2,1-2H3,(H,18,19). The molecule has 1 N–H and O–H groups in total. The van der Waals surface area contributed by atoms with Crippen LogP contribution in [0.3, 0.4) is 0 Å². The van der Waals surface area contributed by atoms with Gasteiger partial charge < -0.3 is 9.67 Å². The van der Waals surface area contributed by atoms with Gasteiger partial charge in [0.15, 0.2) is 0 Å². The molecule has 2 aromatic rings. The Morgan fingerprint density at radius 2 is 2.00 bits per heavy atom. The lowest BCUT2D eigenvalue weighted by Crippen LogP contribution is -1.99. The molecule has 4 nitrogen and oxygen atoms in total. The number of carbonyl (C=O) groups is 1. The second-order valence-electron chi connectivity index (χ2n) is 4.43. The van der Waals surface area contributed by atoms with Crippen molar-refractivity contribution in [2.75, 3.05) is 0 Å². The van der Waals surface area contributed by atoms with Gasteiger partial charge in [0.25, 0.3) is 0 Å². The lowest BCUT2D eigenvalue weighted by molar-refractivity contribution is -0.136. The summed E-state index contributed by atoms with van der Waals surface area (Å²) in [5, 5.41) is 8.75. The Morgan fingerprint density at radius 1 is 1.37 bits per heavy atom. The van der Waals surface area contributed by atoms with Crippen LogP contribution in [-0.2, 0) is 18.3 Å². The van der Waals surface area contributed by atoms with E-state index in [1.54, 1.807) is 0 Å². The second-order valence-corrected chi connectivity index (χ2v) is 5.34. The third kappa shape index (κ3) is 3.04. The van der Waals surface area contributed by atoms with E-state index in [0.29, 0.717) is 6.42 Å². The Balaban J connectivity index is 2.34. The molecule has 0 aliphatic heterocycles. The maximum absolute atomic E-state index is 10.6. The van der Waals surface area contributed by atoms with Crippen molar-refractivity contribution < 1.29 is 9.90 Å². The Labute approximate surface area is 120 Å². The van der Waals surface area contributed by atoms with E-state index in [1.807, 2.05) is 42.8 Å². The van der Waals surface area contributed by atoms with E-state index in [1.165, 1.54) is 0 Å². The highest BCUT2D eigenvalue weighted by atomic mass is 79.9. The molecule has 0 spiro atoms. The molecule has 1 aromatic heterocycles. The summed E-state index contributed by atoms with van der Waals surface area (Å²) >= 11 is 3.40. The summed E-state index contributed by atoms with van der Waals surface area (Å²) in [6, 6.07) is 7.92. The van der Waals surface area contributed by atoms with Gasteiger partial charge in [-0.2, -0.15) is 0 Å². The van der Waals surface area contributed by atoms with Crippen molar-refractivity contribution in [2.24, 2.45) is 7.05 Å². The zero-order chi connectivity index (χ0) is 14.0. The van der Waals surface area contributed by atoms with E-state index in [0.717, 1.165) is 27.2 Å². The highest BCUT2D eigenvalue weighted by molar-refractivity contribution is 9.10. The van der Waals surface area contributed by atoms with Crippen LogP contribution in [0.1, 0.15) is 17.8 Å². The van der Waals surface area contributed by atoms with Gasteiger partial charge in [-0.05, 0) is 19.1 Å². The van der Waals surface area contributed by atoms with Gasteiger partial charge in [0.1, 0.15) is 5.82 Å². The topological polar surface area (TPSA) is 55.1 Å². The molecule has 0 amide bonds. The molecule has 0 bridgehead atoms. The van der Waals surface area contributed by atoms with Gasteiger partial charge in [-0.1, -0.05) is 28.1 Å². The normalized spacial score (nSPS) is 10.7. The van der Waals surface area contributed by atoms with Gasteiger partial charge in [-0.3, -0.25) is 4.79 Å². The van der Waals surface area contributed by atoms with Crippen molar-refractivity contribution in [1.82, 2.24) is 9.55 Å². The van der Waals surface area contributed by atoms with Crippen molar-refractivity contribution in [3.63, 3.8) is 0 Å². The molecule has 0 aliphatic rings. The van der Waals surface area contributed by atoms with Crippen LogP contribution >= 0.6 is 15.9 Å². The minimum atomic E-state index is -0.796. The van der Waals surface area contributed by atoms with Crippen LogP contribution in [-0.4, -0.2) is 20.6 Å². The minimum absolute atomic E-state index is 0.109. The predicted octanol–water partition coefficient (Wildman–Crippen LogP) is 3.18. The summed E-state index contributed by atoms with van der Waals surface area (Å²) in [5.74, 6) is 0.0700. The first-order chi connectivity index (χ1) is 8.99. The number of hydrogen-bond acceptors (Lipinski definition) is 2.